The Morgan fingerprint density at radius 1 is 1.03 bits per heavy atom. The van der Waals surface area contributed by atoms with Crippen molar-refractivity contribution >= 4 is 5.91 Å². The molecule has 1 N–H and O–H groups in total. The molecule has 0 unspecified atom stereocenters. The summed E-state index contributed by atoms with van der Waals surface area (Å²) in [4.78, 5) is 12.6. The minimum absolute atomic E-state index is 0.0643. The van der Waals surface area contributed by atoms with Crippen molar-refractivity contribution in [3.8, 4) is 11.5 Å². The summed E-state index contributed by atoms with van der Waals surface area (Å²) < 4.78 is 29.8. The van der Waals surface area contributed by atoms with E-state index in [9.17, 15) is 9.18 Å². The minimum atomic E-state index is -0.531. The van der Waals surface area contributed by atoms with Crippen molar-refractivity contribution in [1.82, 2.24) is 5.32 Å². The van der Waals surface area contributed by atoms with Crippen LogP contribution in [0.3, 0.4) is 0 Å². The van der Waals surface area contributed by atoms with Crippen molar-refractivity contribution < 1.29 is 23.4 Å². The number of carbonyl (C=O) groups is 1. The highest BCUT2D eigenvalue weighted by Crippen LogP contribution is 2.29. The van der Waals surface area contributed by atoms with Gasteiger partial charge in [-0.1, -0.05) is 18.2 Å². The highest BCUT2D eigenvalue weighted by molar-refractivity contribution is 5.80. The van der Waals surface area contributed by atoms with Gasteiger partial charge in [-0.15, -0.1) is 0 Å². The molecule has 0 saturated carbocycles. The average molecular weight is 418 g/mol. The van der Waals surface area contributed by atoms with Gasteiger partial charge in [0.1, 0.15) is 11.9 Å². The van der Waals surface area contributed by atoms with Crippen LogP contribution < -0.4 is 14.8 Å². The molecule has 1 atom stereocenters. The van der Waals surface area contributed by atoms with Gasteiger partial charge >= 0.3 is 0 Å². The van der Waals surface area contributed by atoms with E-state index >= 15 is 0 Å². The van der Waals surface area contributed by atoms with Gasteiger partial charge < -0.3 is 19.5 Å². The molecule has 0 heterocycles. The summed E-state index contributed by atoms with van der Waals surface area (Å²) in [6.07, 6.45) is 1.39. The fourth-order valence-corrected chi connectivity index (χ4v) is 3.10. The predicted molar refractivity (Wildman–Crippen MR) is 116 cm³/mol. The minimum Gasteiger partial charge on any atom is -0.493 e. The molecule has 0 radical (unpaired) electrons. The predicted octanol–water partition coefficient (Wildman–Crippen LogP) is 4.32. The summed E-state index contributed by atoms with van der Waals surface area (Å²) in [5, 5.41) is 2.95. The molecule has 0 fully saturated rings. The van der Waals surface area contributed by atoms with Gasteiger partial charge in [-0.2, -0.15) is 0 Å². The molecule has 1 amide bonds. The number of halogens is 1. The molecule has 0 aliphatic heterocycles. The molecule has 2 rings (SSSR count). The van der Waals surface area contributed by atoms with Crippen molar-refractivity contribution in [3.63, 3.8) is 0 Å². The van der Waals surface area contributed by atoms with Gasteiger partial charge in [0.2, 0.25) is 5.91 Å². The Morgan fingerprint density at radius 3 is 2.37 bits per heavy atom. The normalized spacial score (nSPS) is 11.9. The van der Waals surface area contributed by atoms with Gasteiger partial charge in [-0.25, -0.2) is 4.39 Å². The van der Waals surface area contributed by atoms with Crippen LogP contribution in [0.5, 0.6) is 11.5 Å². The van der Waals surface area contributed by atoms with Gasteiger partial charge in [0, 0.05) is 13.2 Å². The standard InChI is InChI=1S/C24H32FNO4/c1-5-29-22(13-8-18-6-10-20(25)11-7-18)24(27)26-15-14-19-9-12-21(30-17(2)3)23(16-19)28-4/h6-7,9-12,16-17,22H,5,8,13-15H2,1-4H3,(H,26,27)/t22-/m0/s1. The van der Waals surface area contributed by atoms with Crippen LogP contribution in [0.4, 0.5) is 4.39 Å². The zero-order chi connectivity index (χ0) is 21.9. The molecule has 0 aliphatic carbocycles. The lowest BCUT2D eigenvalue weighted by molar-refractivity contribution is -0.132. The molecule has 5 nitrogen and oxygen atoms in total. The first-order valence-electron chi connectivity index (χ1n) is 10.4. The number of benzene rings is 2. The lowest BCUT2D eigenvalue weighted by Crippen LogP contribution is -2.37. The maximum atomic E-state index is 13.0. The Bertz CT molecular complexity index is 792. The van der Waals surface area contributed by atoms with Crippen LogP contribution in [-0.2, 0) is 22.4 Å². The fourth-order valence-electron chi connectivity index (χ4n) is 3.10. The molecule has 6 heteroatoms. The van der Waals surface area contributed by atoms with Crippen LogP contribution in [0.25, 0.3) is 0 Å². The molecule has 2 aromatic carbocycles. The molecule has 164 valence electrons. The zero-order valence-corrected chi connectivity index (χ0v) is 18.2. The number of hydrogen-bond acceptors (Lipinski definition) is 4. The summed E-state index contributed by atoms with van der Waals surface area (Å²) in [6, 6.07) is 12.1. The van der Waals surface area contributed by atoms with Gasteiger partial charge in [0.05, 0.1) is 13.2 Å². The number of carbonyl (C=O) groups excluding carboxylic acids is 1. The molecule has 0 aromatic heterocycles. The van der Waals surface area contributed by atoms with Crippen molar-refractivity contribution in [2.75, 3.05) is 20.3 Å². The van der Waals surface area contributed by atoms with Crippen LogP contribution in [0.2, 0.25) is 0 Å². The first-order valence-corrected chi connectivity index (χ1v) is 10.4. The third kappa shape index (κ3) is 7.67. The number of rotatable bonds is 12. The molecule has 0 spiro atoms. The van der Waals surface area contributed by atoms with Gasteiger partial charge in [-0.3, -0.25) is 4.79 Å². The second-order valence-electron chi connectivity index (χ2n) is 7.30. The van der Waals surface area contributed by atoms with E-state index in [0.717, 1.165) is 11.1 Å². The Kier molecular flexibility index (Phi) is 9.61. The summed E-state index contributed by atoms with van der Waals surface area (Å²) in [5.74, 6) is 0.987. The van der Waals surface area contributed by atoms with E-state index < -0.39 is 6.10 Å². The Labute approximate surface area is 178 Å². The molecule has 30 heavy (non-hydrogen) atoms. The van der Waals surface area contributed by atoms with Crippen LogP contribution >= 0.6 is 0 Å². The Hall–Kier alpha value is -2.60. The number of methoxy groups -OCH3 is 1. The number of amides is 1. The van der Waals surface area contributed by atoms with E-state index in [1.807, 2.05) is 39.0 Å². The quantitative estimate of drug-likeness (QED) is 0.559. The highest BCUT2D eigenvalue weighted by Gasteiger charge is 2.18. The number of hydrogen-bond donors (Lipinski definition) is 1. The van der Waals surface area contributed by atoms with E-state index in [0.29, 0.717) is 43.9 Å². The summed E-state index contributed by atoms with van der Waals surface area (Å²) in [5.41, 5.74) is 2.02. The summed E-state index contributed by atoms with van der Waals surface area (Å²) in [6.45, 7) is 6.75. The highest BCUT2D eigenvalue weighted by atomic mass is 19.1. The van der Waals surface area contributed by atoms with Crippen LogP contribution in [0, 0.1) is 5.82 Å². The second kappa shape index (κ2) is 12.2. The molecular formula is C24H32FNO4. The van der Waals surface area contributed by atoms with Crippen molar-refractivity contribution in [1.29, 1.82) is 0 Å². The molecule has 0 aliphatic rings. The van der Waals surface area contributed by atoms with E-state index in [1.54, 1.807) is 19.2 Å². The Morgan fingerprint density at radius 2 is 1.73 bits per heavy atom. The lowest BCUT2D eigenvalue weighted by atomic mass is 10.1. The number of aryl methyl sites for hydroxylation is 1. The zero-order valence-electron chi connectivity index (χ0n) is 18.2. The van der Waals surface area contributed by atoms with E-state index in [-0.39, 0.29) is 17.8 Å². The van der Waals surface area contributed by atoms with E-state index in [2.05, 4.69) is 5.32 Å². The SMILES string of the molecule is CCO[C@@H](CCc1ccc(F)cc1)C(=O)NCCc1ccc(OC(C)C)c(OC)c1. The molecule has 0 saturated heterocycles. The van der Waals surface area contributed by atoms with Gasteiger partial charge in [-0.05, 0) is 75.4 Å². The lowest BCUT2D eigenvalue weighted by Gasteiger charge is -2.17. The third-order valence-electron chi connectivity index (χ3n) is 4.57. The second-order valence-corrected chi connectivity index (χ2v) is 7.30. The smallest absolute Gasteiger partial charge is 0.249 e. The monoisotopic (exact) mass is 417 g/mol. The third-order valence-corrected chi connectivity index (χ3v) is 4.57. The first-order chi connectivity index (χ1) is 14.4. The van der Waals surface area contributed by atoms with Crippen molar-refractivity contribution in [2.45, 2.75) is 52.2 Å². The van der Waals surface area contributed by atoms with Gasteiger partial charge in [0.15, 0.2) is 11.5 Å². The van der Waals surface area contributed by atoms with Crippen LogP contribution in [-0.4, -0.2) is 38.4 Å². The Balaban J connectivity index is 1.86. The van der Waals surface area contributed by atoms with Crippen LogP contribution in [0.1, 0.15) is 38.3 Å². The summed E-state index contributed by atoms with van der Waals surface area (Å²) in [7, 11) is 1.61. The van der Waals surface area contributed by atoms with Gasteiger partial charge in [0.25, 0.3) is 0 Å². The van der Waals surface area contributed by atoms with E-state index in [1.165, 1.54) is 12.1 Å². The number of nitrogens with one attached hydrogen (secondary N) is 1. The fraction of sp³-hybridized carbons (Fsp3) is 0.458. The largest absolute Gasteiger partial charge is 0.493 e. The number of ether oxygens (including phenoxy) is 3. The molecule has 2 aromatic rings. The molecular weight excluding hydrogens is 385 g/mol. The van der Waals surface area contributed by atoms with E-state index in [4.69, 9.17) is 14.2 Å². The first kappa shape index (κ1) is 23.7. The van der Waals surface area contributed by atoms with Crippen molar-refractivity contribution in [2.24, 2.45) is 0 Å². The van der Waals surface area contributed by atoms with Crippen molar-refractivity contribution in [3.05, 3.63) is 59.4 Å². The average Bonchev–Trinajstić information content (AvgIpc) is 2.72. The topological polar surface area (TPSA) is 56.8 Å². The maximum absolute atomic E-state index is 13.0. The molecule has 0 bridgehead atoms. The maximum Gasteiger partial charge on any atom is 0.249 e. The van der Waals surface area contributed by atoms with Crippen LogP contribution in [0.15, 0.2) is 42.5 Å². The summed E-state index contributed by atoms with van der Waals surface area (Å²) >= 11 is 0.